The summed E-state index contributed by atoms with van der Waals surface area (Å²) in [6, 6.07) is 10.2. The van der Waals surface area contributed by atoms with E-state index in [9.17, 15) is 9.59 Å². The van der Waals surface area contributed by atoms with Crippen molar-refractivity contribution in [1.29, 1.82) is 0 Å². The van der Waals surface area contributed by atoms with E-state index in [1.165, 1.54) is 23.0 Å². The molecule has 0 fully saturated rings. The fraction of sp³-hybridized carbons (Fsp3) is 0.321. The summed E-state index contributed by atoms with van der Waals surface area (Å²) >= 11 is 1.25. The van der Waals surface area contributed by atoms with E-state index in [2.05, 4.69) is 4.99 Å². The number of nitrogens with zero attached hydrogens (tertiary/aromatic N) is 2. The first-order valence-corrected chi connectivity index (χ1v) is 13.0. The van der Waals surface area contributed by atoms with Crippen LogP contribution in [0.1, 0.15) is 37.9 Å². The molecule has 2 aromatic carbocycles. The maximum Gasteiger partial charge on any atom is 0.338 e. The minimum atomic E-state index is -0.761. The lowest BCUT2D eigenvalue weighted by Crippen LogP contribution is -2.39. The van der Waals surface area contributed by atoms with E-state index in [1.54, 1.807) is 32.2 Å². The van der Waals surface area contributed by atoms with Crippen LogP contribution in [0, 0.1) is 0 Å². The number of methoxy groups -OCH3 is 2. The number of rotatable bonds is 6. The van der Waals surface area contributed by atoms with Gasteiger partial charge in [-0.25, -0.2) is 9.79 Å². The molecular weight excluding hydrogens is 508 g/mol. The molecule has 198 valence electrons. The van der Waals surface area contributed by atoms with E-state index < -0.39 is 12.0 Å². The summed E-state index contributed by atoms with van der Waals surface area (Å²) in [6.07, 6.45) is 1.73. The first-order chi connectivity index (χ1) is 18.3. The van der Waals surface area contributed by atoms with Gasteiger partial charge >= 0.3 is 5.97 Å². The second kappa shape index (κ2) is 10.4. The molecule has 3 heterocycles. The Morgan fingerprint density at radius 3 is 2.58 bits per heavy atom. The molecule has 0 amide bonds. The van der Waals surface area contributed by atoms with Gasteiger partial charge in [0.25, 0.3) is 5.56 Å². The van der Waals surface area contributed by atoms with Crippen molar-refractivity contribution in [3.8, 4) is 23.0 Å². The smallest absolute Gasteiger partial charge is 0.338 e. The number of aromatic nitrogens is 1. The van der Waals surface area contributed by atoms with Crippen LogP contribution in [0.25, 0.3) is 6.08 Å². The summed E-state index contributed by atoms with van der Waals surface area (Å²) in [5.74, 6) is 1.81. The van der Waals surface area contributed by atoms with Gasteiger partial charge in [0.2, 0.25) is 0 Å². The molecule has 0 unspecified atom stereocenters. The molecule has 0 saturated carbocycles. The van der Waals surface area contributed by atoms with Gasteiger partial charge in [-0.1, -0.05) is 23.5 Å². The van der Waals surface area contributed by atoms with Gasteiger partial charge in [-0.3, -0.25) is 9.36 Å². The second-order valence-corrected chi connectivity index (χ2v) is 10.1. The lowest BCUT2D eigenvalue weighted by molar-refractivity contribution is -0.136. The molecule has 10 heteroatoms. The van der Waals surface area contributed by atoms with Crippen LogP contribution in [0.4, 0.5) is 0 Å². The van der Waals surface area contributed by atoms with Crippen LogP contribution >= 0.6 is 11.3 Å². The molecule has 2 aliphatic rings. The SMILES string of the molecule is COC(=O)C1=C(C)N=c2sc(=Cc3ccc4c(c3)OCCO4)c(=O)n2[C@@H]1c1ccc(OC(C)C)c(OC)c1. The largest absolute Gasteiger partial charge is 0.493 e. The van der Waals surface area contributed by atoms with Crippen LogP contribution in [0.3, 0.4) is 0 Å². The number of fused-ring (bicyclic) bond motifs is 2. The summed E-state index contributed by atoms with van der Waals surface area (Å²) in [5.41, 5.74) is 1.95. The molecule has 0 bridgehead atoms. The molecule has 1 aromatic heterocycles. The zero-order chi connectivity index (χ0) is 27.0. The van der Waals surface area contributed by atoms with Crippen molar-refractivity contribution in [2.75, 3.05) is 27.4 Å². The Morgan fingerprint density at radius 1 is 1.11 bits per heavy atom. The van der Waals surface area contributed by atoms with Gasteiger partial charge in [0.05, 0.1) is 42.2 Å². The Labute approximate surface area is 223 Å². The number of esters is 1. The maximum atomic E-state index is 13.8. The minimum absolute atomic E-state index is 0.0549. The first kappa shape index (κ1) is 25.6. The highest BCUT2D eigenvalue weighted by molar-refractivity contribution is 7.07. The summed E-state index contributed by atoms with van der Waals surface area (Å²) < 4.78 is 29.8. The number of ether oxygens (including phenoxy) is 5. The van der Waals surface area contributed by atoms with E-state index in [-0.39, 0.29) is 17.2 Å². The Balaban J connectivity index is 1.67. The fourth-order valence-corrected chi connectivity index (χ4v) is 5.56. The monoisotopic (exact) mass is 536 g/mol. The maximum absolute atomic E-state index is 13.8. The van der Waals surface area contributed by atoms with E-state index in [4.69, 9.17) is 23.7 Å². The van der Waals surface area contributed by atoms with Crippen molar-refractivity contribution < 1.29 is 28.5 Å². The molecule has 1 atom stereocenters. The Bertz CT molecular complexity index is 1620. The van der Waals surface area contributed by atoms with Crippen molar-refractivity contribution >= 4 is 23.4 Å². The molecule has 0 spiro atoms. The lowest BCUT2D eigenvalue weighted by atomic mass is 9.95. The van der Waals surface area contributed by atoms with Gasteiger partial charge in [-0.15, -0.1) is 0 Å². The standard InChI is InChI=1S/C28H28N2O7S/c1-15(2)37-20-9-7-18(14-21(20)33-4)25-24(27(32)34-5)16(3)29-28-30(25)26(31)23(38-28)13-17-6-8-19-22(12-17)36-11-10-35-19/h6-9,12-15,25H,10-11H2,1-5H3/t25-/m1/s1. The van der Waals surface area contributed by atoms with E-state index >= 15 is 0 Å². The average Bonchev–Trinajstić information content (AvgIpc) is 3.21. The van der Waals surface area contributed by atoms with Gasteiger partial charge in [0.1, 0.15) is 13.2 Å². The molecule has 38 heavy (non-hydrogen) atoms. The molecule has 2 aliphatic heterocycles. The quantitative estimate of drug-likeness (QED) is 0.447. The predicted molar refractivity (Wildman–Crippen MR) is 142 cm³/mol. The molecular formula is C28H28N2O7S. The lowest BCUT2D eigenvalue weighted by Gasteiger charge is -2.25. The van der Waals surface area contributed by atoms with Gasteiger partial charge in [-0.2, -0.15) is 0 Å². The van der Waals surface area contributed by atoms with Crippen molar-refractivity contribution in [3.63, 3.8) is 0 Å². The van der Waals surface area contributed by atoms with Gasteiger partial charge in [-0.05, 0) is 62.2 Å². The highest BCUT2D eigenvalue weighted by atomic mass is 32.1. The number of allylic oxidation sites excluding steroid dienone is 1. The number of carbonyl (C=O) groups excluding carboxylic acids is 1. The zero-order valence-electron chi connectivity index (χ0n) is 21.8. The fourth-order valence-electron chi connectivity index (χ4n) is 4.51. The molecule has 5 rings (SSSR count). The summed E-state index contributed by atoms with van der Waals surface area (Å²) in [4.78, 5) is 31.8. The third kappa shape index (κ3) is 4.67. The van der Waals surface area contributed by atoms with Crippen molar-refractivity contribution in [3.05, 3.63) is 78.5 Å². The van der Waals surface area contributed by atoms with E-state index in [0.29, 0.717) is 56.8 Å². The average molecular weight is 537 g/mol. The molecule has 3 aromatic rings. The topological polar surface area (TPSA) is 97.6 Å². The minimum Gasteiger partial charge on any atom is -0.493 e. The van der Waals surface area contributed by atoms with Crippen LogP contribution in [-0.2, 0) is 9.53 Å². The summed E-state index contributed by atoms with van der Waals surface area (Å²) in [6.45, 7) is 6.56. The highest BCUT2D eigenvalue weighted by Gasteiger charge is 2.33. The van der Waals surface area contributed by atoms with Crippen molar-refractivity contribution in [2.24, 2.45) is 4.99 Å². The number of thiazole rings is 1. The first-order valence-electron chi connectivity index (χ1n) is 12.2. The van der Waals surface area contributed by atoms with Crippen LogP contribution in [-0.4, -0.2) is 44.1 Å². The van der Waals surface area contributed by atoms with Crippen LogP contribution in [0.2, 0.25) is 0 Å². The number of carbonyl (C=O) groups is 1. The van der Waals surface area contributed by atoms with Gasteiger partial charge < -0.3 is 23.7 Å². The molecule has 0 N–H and O–H groups in total. The summed E-state index contributed by atoms with van der Waals surface area (Å²) in [5, 5.41) is 0. The van der Waals surface area contributed by atoms with Crippen LogP contribution in [0.15, 0.2) is 57.5 Å². The van der Waals surface area contributed by atoms with Crippen LogP contribution < -0.4 is 33.8 Å². The predicted octanol–water partition coefficient (Wildman–Crippen LogP) is 2.98. The number of benzene rings is 2. The Hall–Kier alpha value is -4.05. The highest BCUT2D eigenvalue weighted by Crippen LogP contribution is 2.36. The van der Waals surface area contributed by atoms with Crippen molar-refractivity contribution in [1.82, 2.24) is 4.57 Å². The molecule has 0 saturated heterocycles. The summed E-state index contributed by atoms with van der Waals surface area (Å²) in [7, 11) is 2.86. The normalized spacial score (nSPS) is 16.7. The third-order valence-electron chi connectivity index (χ3n) is 6.16. The van der Waals surface area contributed by atoms with E-state index in [0.717, 1.165) is 5.56 Å². The third-order valence-corrected chi connectivity index (χ3v) is 7.14. The molecule has 0 aliphatic carbocycles. The Kier molecular flexibility index (Phi) is 6.98. The van der Waals surface area contributed by atoms with E-state index in [1.807, 2.05) is 38.1 Å². The number of hydrogen-bond donors (Lipinski definition) is 0. The Morgan fingerprint density at radius 2 is 1.87 bits per heavy atom. The van der Waals surface area contributed by atoms with Crippen LogP contribution in [0.5, 0.6) is 23.0 Å². The van der Waals surface area contributed by atoms with Gasteiger partial charge in [0.15, 0.2) is 27.8 Å². The molecule has 9 nitrogen and oxygen atoms in total. The molecule has 0 radical (unpaired) electrons. The van der Waals surface area contributed by atoms with Crippen molar-refractivity contribution in [2.45, 2.75) is 32.9 Å². The second-order valence-electron chi connectivity index (χ2n) is 9.05. The van der Waals surface area contributed by atoms with Gasteiger partial charge in [0, 0.05) is 0 Å². The zero-order valence-corrected chi connectivity index (χ0v) is 22.6. The number of hydrogen-bond acceptors (Lipinski definition) is 9.